The molecule has 0 fully saturated rings. The SMILES string of the molecule is CC[C@@H]1CCc2cc(C(F)(F)F)ccc2N1[C@H](C)N(Cc1cc(C(F)(F)F)cc(C(F)(F)F)c1)C(=O)OC. The Morgan fingerprint density at radius 1 is 0.947 bits per heavy atom. The number of hydrogen-bond acceptors (Lipinski definition) is 3. The number of amides is 1. The van der Waals surface area contributed by atoms with Gasteiger partial charge < -0.3 is 9.64 Å². The first-order valence-corrected chi connectivity index (χ1v) is 11.6. The van der Waals surface area contributed by atoms with Crippen LogP contribution in [0.15, 0.2) is 36.4 Å². The molecule has 0 bridgehead atoms. The van der Waals surface area contributed by atoms with E-state index in [0.29, 0.717) is 42.6 Å². The molecule has 0 unspecified atom stereocenters. The summed E-state index contributed by atoms with van der Waals surface area (Å²) in [5.41, 5.74) is -3.62. The third-order valence-corrected chi connectivity index (χ3v) is 6.56. The highest BCUT2D eigenvalue weighted by Gasteiger charge is 2.39. The van der Waals surface area contributed by atoms with Gasteiger partial charge >= 0.3 is 24.6 Å². The van der Waals surface area contributed by atoms with Gasteiger partial charge in [0.2, 0.25) is 0 Å². The van der Waals surface area contributed by atoms with Crippen LogP contribution in [0.1, 0.15) is 54.5 Å². The summed E-state index contributed by atoms with van der Waals surface area (Å²) in [6.45, 7) is 2.64. The van der Waals surface area contributed by atoms with Gasteiger partial charge in [-0.2, -0.15) is 39.5 Å². The molecule has 13 heteroatoms. The maximum absolute atomic E-state index is 13.4. The lowest BCUT2D eigenvalue weighted by Gasteiger charge is -2.46. The topological polar surface area (TPSA) is 32.8 Å². The Labute approximate surface area is 213 Å². The molecule has 0 N–H and O–H groups in total. The summed E-state index contributed by atoms with van der Waals surface area (Å²) >= 11 is 0. The van der Waals surface area contributed by atoms with E-state index in [9.17, 15) is 44.3 Å². The second-order valence-electron chi connectivity index (χ2n) is 8.99. The lowest BCUT2D eigenvalue weighted by Crippen LogP contribution is -2.54. The van der Waals surface area contributed by atoms with Gasteiger partial charge in [-0.15, -0.1) is 0 Å². The van der Waals surface area contributed by atoms with Gasteiger partial charge in [-0.3, -0.25) is 4.90 Å². The number of carbonyl (C=O) groups excluding carboxylic acids is 1. The summed E-state index contributed by atoms with van der Waals surface area (Å²) in [7, 11) is 1.01. The van der Waals surface area contributed by atoms with Crippen LogP contribution in [0.3, 0.4) is 0 Å². The molecule has 38 heavy (non-hydrogen) atoms. The zero-order valence-electron chi connectivity index (χ0n) is 20.6. The zero-order valence-corrected chi connectivity index (χ0v) is 20.6. The molecule has 2 aromatic carbocycles. The molecular formula is C25H25F9N2O2. The molecule has 0 aliphatic carbocycles. The second-order valence-corrected chi connectivity index (χ2v) is 8.99. The molecule has 2 atom stereocenters. The minimum Gasteiger partial charge on any atom is -0.453 e. The summed E-state index contributed by atoms with van der Waals surface area (Å²) < 4.78 is 125. The van der Waals surface area contributed by atoms with Crippen LogP contribution in [-0.2, 0) is 36.2 Å². The number of ether oxygens (including phenoxy) is 1. The van der Waals surface area contributed by atoms with Crippen LogP contribution in [0.2, 0.25) is 0 Å². The minimum absolute atomic E-state index is 0.0123. The minimum atomic E-state index is -5.08. The van der Waals surface area contributed by atoms with E-state index < -0.39 is 59.6 Å². The average molecular weight is 556 g/mol. The number of hydrogen-bond donors (Lipinski definition) is 0. The quantitative estimate of drug-likeness (QED) is 0.351. The standard InChI is InChI=1S/C25H25F9N2O2/c1-4-20-7-5-16-11-17(23(26,27)28)6-8-21(16)36(20)14(2)35(22(37)38-3)13-15-9-18(24(29,30)31)12-19(10-15)25(32,33)34/h6,8-12,14,20H,4-5,7,13H2,1-3H3/t14-,20-/m1/s1. The van der Waals surface area contributed by atoms with E-state index >= 15 is 0 Å². The molecule has 0 saturated heterocycles. The van der Waals surface area contributed by atoms with Crippen LogP contribution in [0.4, 0.5) is 50.0 Å². The first-order valence-electron chi connectivity index (χ1n) is 11.6. The van der Waals surface area contributed by atoms with Crippen LogP contribution < -0.4 is 4.90 Å². The molecule has 0 aromatic heterocycles. The normalized spacial score (nSPS) is 17.2. The van der Waals surface area contributed by atoms with Crippen molar-refractivity contribution in [2.24, 2.45) is 0 Å². The van der Waals surface area contributed by atoms with Gasteiger partial charge in [0, 0.05) is 11.7 Å². The molecule has 1 aliphatic rings. The van der Waals surface area contributed by atoms with E-state index in [1.54, 1.807) is 4.90 Å². The highest BCUT2D eigenvalue weighted by atomic mass is 19.4. The maximum atomic E-state index is 13.4. The lowest BCUT2D eigenvalue weighted by atomic mass is 9.92. The van der Waals surface area contributed by atoms with Gasteiger partial charge in [-0.1, -0.05) is 6.92 Å². The van der Waals surface area contributed by atoms with Crippen molar-refractivity contribution >= 4 is 11.8 Å². The van der Waals surface area contributed by atoms with Crippen molar-refractivity contribution in [1.29, 1.82) is 0 Å². The fourth-order valence-electron chi connectivity index (χ4n) is 4.70. The van der Waals surface area contributed by atoms with Crippen molar-refractivity contribution in [2.75, 3.05) is 12.0 Å². The summed E-state index contributed by atoms with van der Waals surface area (Å²) in [5, 5.41) is 0. The Morgan fingerprint density at radius 3 is 1.97 bits per heavy atom. The van der Waals surface area contributed by atoms with E-state index in [-0.39, 0.29) is 12.1 Å². The third-order valence-electron chi connectivity index (χ3n) is 6.56. The summed E-state index contributed by atoms with van der Waals surface area (Å²) in [6, 6.07) is 3.92. The number of rotatable bonds is 5. The maximum Gasteiger partial charge on any atom is 0.416 e. The van der Waals surface area contributed by atoms with Gasteiger partial charge in [0.1, 0.15) is 6.17 Å². The molecular weight excluding hydrogens is 531 g/mol. The Balaban J connectivity index is 2.07. The highest BCUT2D eigenvalue weighted by molar-refractivity contribution is 5.69. The zero-order chi connectivity index (χ0) is 28.6. The number of carbonyl (C=O) groups is 1. The number of aryl methyl sites for hydroxylation is 1. The van der Waals surface area contributed by atoms with Crippen molar-refractivity contribution in [3.63, 3.8) is 0 Å². The molecule has 4 nitrogen and oxygen atoms in total. The van der Waals surface area contributed by atoms with Gasteiger partial charge in [-0.25, -0.2) is 4.79 Å². The molecule has 210 valence electrons. The summed E-state index contributed by atoms with van der Waals surface area (Å²) in [5.74, 6) is 0. The van der Waals surface area contributed by atoms with E-state index in [0.717, 1.165) is 24.1 Å². The number of halogens is 9. The third kappa shape index (κ3) is 6.29. The monoisotopic (exact) mass is 556 g/mol. The summed E-state index contributed by atoms with van der Waals surface area (Å²) in [4.78, 5) is 15.4. The average Bonchev–Trinajstić information content (AvgIpc) is 2.83. The Hall–Kier alpha value is -3.12. The predicted molar refractivity (Wildman–Crippen MR) is 120 cm³/mol. The van der Waals surface area contributed by atoms with Crippen LogP contribution >= 0.6 is 0 Å². The van der Waals surface area contributed by atoms with Crippen LogP contribution in [0, 0.1) is 0 Å². The Morgan fingerprint density at radius 2 is 1.50 bits per heavy atom. The molecule has 1 heterocycles. The molecule has 1 aliphatic heterocycles. The molecule has 0 spiro atoms. The highest BCUT2D eigenvalue weighted by Crippen LogP contribution is 2.40. The van der Waals surface area contributed by atoms with Gasteiger partial charge in [0.25, 0.3) is 0 Å². The van der Waals surface area contributed by atoms with E-state index in [1.165, 1.54) is 13.0 Å². The molecule has 3 rings (SSSR count). The smallest absolute Gasteiger partial charge is 0.416 e. The second kappa shape index (κ2) is 10.6. The van der Waals surface area contributed by atoms with Gasteiger partial charge in [0.15, 0.2) is 0 Å². The number of alkyl halides is 9. The molecule has 0 saturated carbocycles. The van der Waals surface area contributed by atoms with Crippen LogP contribution in [0.25, 0.3) is 0 Å². The van der Waals surface area contributed by atoms with Crippen molar-refractivity contribution in [3.05, 3.63) is 64.2 Å². The molecule has 1 amide bonds. The number of methoxy groups -OCH3 is 1. The van der Waals surface area contributed by atoms with E-state index in [1.807, 2.05) is 6.92 Å². The van der Waals surface area contributed by atoms with Gasteiger partial charge in [-0.05, 0) is 73.7 Å². The van der Waals surface area contributed by atoms with E-state index in [2.05, 4.69) is 0 Å². The molecule has 0 radical (unpaired) electrons. The van der Waals surface area contributed by atoms with Gasteiger partial charge in [0.05, 0.1) is 30.3 Å². The fourth-order valence-corrected chi connectivity index (χ4v) is 4.70. The van der Waals surface area contributed by atoms with Crippen LogP contribution in [-0.4, -0.2) is 30.3 Å². The Bertz CT molecular complexity index is 1130. The Kier molecular flexibility index (Phi) is 8.18. The van der Waals surface area contributed by atoms with Crippen molar-refractivity contribution in [1.82, 2.24) is 4.90 Å². The lowest BCUT2D eigenvalue weighted by molar-refractivity contribution is -0.143. The first kappa shape index (κ1) is 29.4. The number of nitrogens with zero attached hydrogens (tertiary/aromatic N) is 2. The first-order chi connectivity index (χ1) is 17.5. The molecule has 2 aromatic rings. The van der Waals surface area contributed by atoms with E-state index in [4.69, 9.17) is 4.74 Å². The van der Waals surface area contributed by atoms with Crippen molar-refractivity contribution in [2.45, 2.75) is 70.4 Å². The van der Waals surface area contributed by atoms with Crippen LogP contribution in [0.5, 0.6) is 0 Å². The number of fused-ring (bicyclic) bond motifs is 1. The predicted octanol–water partition coefficient (Wildman–Crippen LogP) is 7.89. The van der Waals surface area contributed by atoms with Crippen molar-refractivity contribution in [3.8, 4) is 0 Å². The number of anilines is 1. The fraction of sp³-hybridized carbons (Fsp3) is 0.480. The van der Waals surface area contributed by atoms with Crippen molar-refractivity contribution < 1.29 is 49.0 Å². The number of benzene rings is 2. The summed E-state index contributed by atoms with van der Waals surface area (Å²) in [6.07, 6.45) is -15.5. The largest absolute Gasteiger partial charge is 0.453 e.